The van der Waals surface area contributed by atoms with Crippen LogP contribution in [-0.4, -0.2) is 17.6 Å². The van der Waals surface area contributed by atoms with Crippen LogP contribution < -0.4 is 5.32 Å². The SMILES string of the molecule is Cc1ccc(C#CCCO)c(C(=O)NCc2cccs2)c1. The van der Waals surface area contributed by atoms with Crippen LogP contribution in [-0.2, 0) is 6.54 Å². The van der Waals surface area contributed by atoms with Crippen molar-refractivity contribution in [3.63, 3.8) is 0 Å². The monoisotopic (exact) mass is 299 g/mol. The summed E-state index contributed by atoms with van der Waals surface area (Å²) in [6.45, 7) is 2.49. The number of carbonyl (C=O) groups is 1. The first-order chi connectivity index (χ1) is 10.2. The molecule has 108 valence electrons. The summed E-state index contributed by atoms with van der Waals surface area (Å²) in [7, 11) is 0. The molecular weight excluding hydrogens is 282 g/mol. The Kier molecular flexibility index (Phi) is 5.56. The van der Waals surface area contributed by atoms with Crippen LogP contribution in [0.5, 0.6) is 0 Å². The van der Waals surface area contributed by atoms with Gasteiger partial charge in [-0.3, -0.25) is 4.79 Å². The number of hydrogen-bond donors (Lipinski definition) is 2. The van der Waals surface area contributed by atoms with Crippen LogP contribution in [0.15, 0.2) is 35.7 Å². The summed E-state index contributed by atoms with van der Waals surface area (Å²) in [5.74, 6) is 5.68. The van der Waals surface area contributed by atoms with Crippen LogP contribution >= 0.6 is 11.3 Å². The van der Waals surface area contributed by atoms with Gasteiger partial charge < -0.3 is 10.4 Å². The third-order valence-electron chi connectivity index (χ3n) is 2.88. The van der Waals surface area contributed by atoms with Crippen molar-refractivity contribution in [2.75, 3.05) is 6.61 Å². The minimum atomic E-state index is -0.125. The van der Waals surface area contributed by atoms with Gasteiger partial charge in [-0.2, -0.15) is 0 Å². The number of amides is 1. The van der Waals surface area contributed by atoms with Crippen LogP contribution in [0, 0.1) is 18.8 Å². The van der Waals surface area contributed by atoms with Gasteiger partial charge in [0.2, 0.25) is 0 Å². The molecule has 2 rings (SSSR count). The Bertz CT molecular complexity index is 666. The maximum absolute atomic E-state index is 12.3. The Morgan fingerprint density at radius 3 is 2.95 bits per heavy atom. The fourth-order valence-corrected chi connectivity index (χ4v) is 2.49. The highest BCUT2D eigenvalue weighted by atomic mass is 32.1. The molecule has 2 N–H and O–H groups in total. The second-order valence-electron chi connectivity index (χ2n) is 4.59. The van der Waals surface area contributed by atoms with Gasteiger partial charge in [-0.15, -0.1) is 11.3 Å². The molecule has 0 aliphatic heterocycles. The summed E-state index contributed by atoms with van der Waals surface area (Å²) in [4.78, 5) is 13.4. The van der Waals surface area contributed by atoms with E-state index in [0.717, 1.165) is 10.4 Å². The fourth-order valence-electron chi connectivity index (χ4n) is 1.84. The zero-order valence-corrected chi connectivity index (χ0v) is 12.7. The van der Waals surface area contributed by atoms with Crippen molar-refractivity contribution in [3.05, 3.63) is 57.3 Å². The zero-order valence-electron chi connectivity index (χ0n) is 11.8. The van der Waals surface area contributed by atoms with E-state index in [1.807, 2.05) is 42.6 Å². The van der Waals surface area contributed by atoms with Crippen molar-refractivity contribution in [1.29, 1.82) is 0 Å². The summed E-state index contributed by atoms with van der Waals surface area (Å²) in [6, 6.07) is 9.57. The van der Waals surface area contributed by atoms with Crippen molar-refractivity contribution >= 4 is 17.2 Å². The second-order valence-corrected chi connectivity index (χ2v) is 5.62. The lowest BCUT2D eigenvalue weighted by Crippen LogP contribution is -2.23. The van der Waals surface area contributed by atoms with E-state index in [2.05, 4.69) is 17.2 Å². The molecule has 0 saturated carbocycles. The smallest absolute Gasteiger partial charge is 0.252 e. The molecule has 0 fully saturated rings. The lowest BCUT2D eigenvalue weighted by Gasteiger charge is -2.07. The standard InChI is InChI=1S/C17H17NO2S/c1-13-7-8-14(5-2-3-9-19)16(11-13)17(20)18-12-15-6-4-10-21-15/h4,6-8,10-11,19H,3,9,12H2,1H3,(H,18,20). The molecule has 4 heteroatoms. The minimum Gasteiger partial charge on any atom is -0.395 e. The van der Waals surface area contributed by atoms with Crippen molar-refractivity contribution in [2.24, 2.45) is 0 Å². The zero-order chi connectivity index (χ0) is 15.1. The number of aliphatic hydroxyl groups is 1. The largest absolute Gasteiger partial charge is 0.395 e. The molecule has 3 nitrogen and oxygen atoms in total. The molecule has 1 aromatic heterocycles. The van der Waals surface area contributed by atoms with Crippen molar-refractivity contribution < 1.29 is 9.90 Å². The lowest BCUT2D eigenvalue weighted by atomic mass is 10.0. The maximum Gasteiger partial charge on any atom is 0.252 e. The molecule has 0 aliphatic rings. The van der Waals surface area contributed by atoms with Crippen molar-refractivity contribution in [1.82, 2.24) is 5.32 Å². The van der Waals surface area contributed by atoms with E-state index < -0.39 is 0 Å². The minimum absolute atomic E-state index is 0.0266. The van der Waals surface area contributed by atoms with Gasteiger partial charge in [0.15, 0.2) is 0 Å². The van der Waals surface area contributed by atoms with E-state index in [1.165, 1.54) is 0 Å². The first-order valence-electron chi connectivity index (χ1n) is 6.71. The lowest BCUT2D eigenvalue weighted by molar-refractivity contribution is 0.0951. The number of nitrogens with one attached hydrogen (secondary N) is 1. The summed E-state index contributed by atoms with van der Waals surface area (Å²) in [5.41, 5.74) is 2.29. The summed E-state index contributed by atoms with van der Waals surface area (Å²) in [5, 5.41) is 13.7. The number of aliphatic hydroxyl groups excluding tert-OH is 1. The molecule has 0 atom stereocenters. The normalized spacial score (nSPS) is 9.81. The number of hydrogen-bond acceptors (Lipinski definition) is 3. The van der Waals surface area contributed by atoms with Gasteiger partial charge in [0, 0.05) is 16.9 Å². The van der Waals surface area contributed by atoms with Crippen LogP contribution in [0.3, 0.4) is 0 Å². The summed E-state index contributed by atoms with van der Waals surface area (Å²) < 4.78 is 0. The number of aryl methyl sites for hydroxylation is 1. The molecule has 0 saturated heterocycles. The highest BCUT2D eigenvalue weighted by Crippen LogP contribution is 2.12. The molecule has 0 aliphatic carbocycles. The van der Waals surface area contributed by atoms with Gasteiger partial charge in [0.1, 0.15) is 0 Å². The van der Waals surface area contributed by atoms with Gasteiger partial charge in [-0.25, -0.2) is 0 Å². The van der Waals surface area contributed by atoms with Crippen molar-refractivity contribution in [3.8, 4) is 11.8 Å². The summed E-state index contributed by atoms with van der Waals surface area (Å²) >= 11 is 1.61. The molecule has 1 aromatic carbocycles. The van der Waals surface area contributed by atoms with Gasteiger partial charge in [-0.1, -0.05) is 29.5 Å². The molecular formula is C17H17NO2S. The van der Waals surface area contributed by atoms with E-state index in [0.29, 0.717) is 24.1 Å². The Hall–Kier alpha value is -2.09. The second kappa shape index (κ2) is 7.63. The van der Waals surface area contributed by atoms with Crippen LogP contribution in [0.4, 0.5) is 0 Å². The fraction of sp³-hybridized carbons (Fsp3) is 0.235. The number of carbonyl (C=O) groups excluding carboxylic acids is 1. The Labute approximate surface area is 128 Å². The van der Waals surface area contributed by atoms with Crippen LogP contribution in [0.2, 0.25) is 0 Å². The molecule has 1 heterocycles. The van der Waals surface area contributed by atoms with E-state index in [9.17, 15) is 4.79 Å². The third kappa shape index (κ3) is 4.45. The van der Waals surface area contributed by atoms with Gasteiger partial charge >= 0.3 is 0 Å². The molecule has 0 bridgehead atoms. The van der Waals surface area contributed by atoms with E-state index >= 15 is 0 Å². The number of thiophene rings is 1. The highest BCUT2D eigenvalue weighted by Gasteiger charge is 2.10. The van der Waals surface area contributed by atoms with Crippen molar-refractivity contribution in [2.45, 2.75) is 19.9 Å². The average Bonchev–Trinajstić information content (AvgIpc) is 3.00. The first kappa shape index (κ1) is 15.3. The van der Waals surface area contributed by atoms with Crippen LogP contribution in [0.25, 0.3) is 0 Å². The topological polar surface area (TPSA) is 49.3 Å². The van der Waals surface area contributed by atoms with Gasteiger partial charge in [0.05, 0.1) is 18.7 Å². The van der Waals surface area contributed by atoms with E-state index in [-0.39, 0.29) is 12.5 Å². The third-order valence-corrected chi connectivity index (χ3v) is 3.76. The first-order valence-corrected chi connectivity index (χ1v) is 7.59. The molecule has 0 radical (unpaired) electrons. The number of benzene rings is 1. The Balaban J connectivity index is 2.15. The van der Waals surface area contributed by atoms with Gasteiger partial charge in [-0.05, 0) is 30.5 Å². The molecule has 0 spiro atoms. The molecule has 1 amide bonds. The quantitative estimate of drug-likeness (QED) is 0.853. The summed E-state index contributed by atoms with van der Waals surface area (Å²) in [6.07, 6.45) is 0.407. The van der Waals surface area contributed by atoms with Gasteiger partial charge in [0.25, 0.3) is 5.91 Å². The van der Waals surface area contributed by atoms with Crippen LogP contribution in [0.1, 0.15) is 32.8 Å². The Morgan fingerprint density at radius 2 is 2.24 bits per heavy atom. The average molecular weight is 299 g/mol. The highest BCUT2D eigenvalue weighted by molar-refractivity contribution is 7.09. The van der Waals surface area contributed by atoms with E-state index in [4.69, 9.17) is 5.11 Å². The predicted octanol–water partition coefficient (Wildman–Crippen LogP) is 2.72. The Morgan fingerprint density at radius 1 is 1.38 bits per heavy atom. The molecule has 2 aromatic rings. The van der Waals surface area contributed by atoms with E-state index in [1.54, 1.807) is 11.3 Å². The molecule has 21 heavy (non-hydrogen) atoms. The molecule has 0 unspecified atom stereocenters. The maximum atomic E-state index is 12.3. The number of rotatable bonds is 4. The predicted molar refractivity (Wildman–Crippen MR) is 85.2 cm³/mol.